The van der Waals surface area contributed by atoms with Gasteiger partial charge in [0, 0.05) is 31.6 Å². The average Bonchev–Trinajstić information content (AvgIpc) is 3.37. The van der Waals surface area contributed by atoms with Crippen molar-refractivity contribution >= 4 is 11.8 Å². The molecule has 0 spiro atoms. The number of benzene rings is 3. The molecule has 0 aliphatic carbocycles. The van der Waals surface area contributed by atoms with Gasteiger partial charge >= 0.3 is 0 Å². The van der Waals surface area contributed by atoms with Crippen LogP contribution in [0.5, 0.6) is 5.75 Å². The lowest BCUT2D eigenvalue weighted by Crippen LogP contribution is -2.52. The number of nitrogens with one attached hydrogen (secondary N) is 2. The third-order valence-electron chi connectivity index (χ3n) is 6.65. The van der Waals surface area contributed by atoms with E-state index in [2.05, 4.69) is 41.7 Å². The first-order valence-electron chi connectivity index (χ1n) is 13.5. The van der Waals surface area contributed by atoms with Crippen LogP contribution in [-0.2, 0) is 16.0 Å². The molecule has 0 saturated heterocycles. The van der Waals surface area contributed by atoms with Gasteiger partial charge in [-0.1, -0.05) is 66.7 Å². The van der Waals surface area contributed by atoms with Crippen molar-refractivity contribution in [3.63, 3.8) is 0 Å². The van der Waals surface area contributed by atoms with E-state index in [1.165, 1.54) is 5.56 Å². The summed E-state index contributed by atoms with van der Waals surface area (Å²) in [6, 6.07) is 27.5. The number of carbonyl (C=O) groups excluding carboxylic acids is 1. The monoisotopic (exact) mass is 527 g/mol. The van der Waals surface area contributed by atoms with Crippen molar-refractivity contribution < 1.29 is 19.4 Å². The summed E-state index contributed by atoms with van der Waals surface area (Å²) in [5.74, 6) is 0.820. The highest BCUT2D eigenvalue weighted by Gasteiger charge is 2.52. The summed E-state index contributed by atoms with van der Waals surface area (Å²) in [6.07, 6.45) is 4.90. The van der Waals surface area contributed by atoms with Crippen molar-refractivity contribution in [2.75, 3.05) is 19.8 Å². The van der Waals surface area contributed by atoms with E-state index in [9.17, 15) is 4.79 Å². The fourth-order valence-corrected chi connectivity index (χ4v) is 4.60. The Labute approximate surface area is 230 Å². The van der Waals surface area contributed by atoms with Gasteiger partial charge in [0.2, 0.25) is 5.90 Å². The quantitative estimate of drug-likeness (QED) is 0.148. The van der Waals surface area contributed by atoms with E-state index < -0.39 is 11.6 Å². The normalized spacial score (nSPS) is 18.2. The topological polar surface area (TPSA) is 92.2 Å². The van der Waals surface area contributed by atoms with E-state index in [0.29, 0.717) is 37.6 Å². The Bertz CT molecular complexity index is 1220. The number of rotatable bonds is 15. The van der Waals surface area contributed by atoms with Crippen LogP contribution in [-0.4, -0.2) is 42.2 Å². The number of nitrogens with zero attached hydrogens (tertiary/aromatic N) is 1. The van der Waals surface area contributed by atoms with E-state index in [4.69, 9.17) is 19.6 Å². The number of aliphatic hydroxyl groups is 1. The van der Waals surface area contributed by atoms with Crippen LogP contribution in [0.1, 0.15) is 48.5 Å². The van der Waals surface area contributed by atoms with Gasteiger partial charge in [0.1, 0.15) is 5.75 Å². The molecule has 1 amide bonds. The second kappa shape index (κ2) is 14.3. The van der Waals surface area contributed by atoms with Crippen LogP contribution < -0.4 is 15.6 Å². The van der Waals surface area contributed by atoms with Gasteiger partial charge in [-0.2, -0.15) is 0 Å². The third-order valence-corrected chi connectivity index (χ3v) is 6.65. The number of hydrogen-bond acceptors (Lipinski definition) is 6. The van der Waals surface area contributed by atoms with Crippen molar-refractivity contribution in [2.24, 2.45) is 4.99 Å². The van der Waals surface area contributed by atoms with E-state index in [0.717, 1.165) is 30.4 Å². The fourth-order valence-electron chi connectivity index (χ4n) is 4.60. The van der Waals surface area contributed by atoms with Crippen LogP contribution in [0.25, 0.3) is 0 Å². The zero-order valence-electron chi connectivity index (χ0n) is 22.2. The van der Waals surface area contributed by atoms with E-state index >= 15 is 0 Å². The van der Waals surface area contributed by atoms with E-state index in [1.54, 1.807) is 6.08 Å². The maximum absolute atomic E-state index is 13.7. The lowest BCUT2D eigenvalue weighted by molar-refractivity contribution is -0.129. The molecule has 4 rings (SSSR count). The highest BCUT2D eigenvalue weighted by molar-refractivity contribution is 6.01. The Hall–Kier alpha value is -3.94. The molecule has 0 radical (unpaired) electrons. The van der Waals surface area contributed by atoms with E-state index in [-0.39, 0.29) is 12.5 Å². The summed E-state index contributed by atoms with van der Waals surface area (Å²) < 4.78 is 12.0. The smallest absolute Gasteiger partial charge is 0.266 e. The molecule has 0 aromatic heterocycles. The second-order valence-corrected chi connectivity index (χ2v) is 9.52. The lowest BCUT2D eigenvalue weighted by atomic mass is 9.84. The van der Waals surface area contributed by atoms with Gasteiger partial charge in [0.05, 0.1) is 6.61 Å². The van der Waals surface area contributed by atoms with Crippen LogP contribution in [0.15, 0.2) is 103 Å². The van der Waals surface area contributed by atoms with Crippen molar-refractivity contribution in [3.8, 4) is 5.75 Å². The molecule has 39 heavy (non-hydrogen) atoms. The van der Waals surface area contributed by atoms with Crippen LogP contribution in [0.3, 0.4) is 0 Å². The summed E-state index contributed by atoms with van der Waals surface area (Å²) in [5.41, 5.74) is 7.70. The first kappa shape index (κ1) is 28.1. The number of hydrazine groups is 1. The Kier molecular flexibility index (Phi) is 10.3. The maximum atomic E-state index is 13.7. The van der Waals surface area contributed by atoms with Gasteiger partial charge in [-0.05, 0) is 54.7 Å². The van der Waals surface area contributed by atoms with Gasteiger partial charge in [0.25, 0.3) is 5.91 Å². The minimum absolute atomic E-state index is 0.0829. The molecule has 204 valence electrons. The number of aliphatic hydroxyl groups excluding tert-OH is 1. The molecular formula is C32H37N3O4. The standard InChI is InChI=1S/C32H37N3O4/c1-2-21-32(31(37)35-33-22-10-9-14-25-12-5-3-6-13-25)29(26-15-7-4-8-16-26)39-30(34-32)27-17-19-28(20-18-27)38-24-11-23-36/h2-8,12-13,15-20,29,33,36H,1,9-11,14,21-24H2,(H,35,37)/t29-,32-/m0/s1. The molecule has 0 bridgehead atoms. The summed E-state index contributed by atoms with van der Waals surface area (Å²) in [7, 11) is 0. The molecular weight excluding hydrogens is 490 g/mol. The summed E-state index contributed by atoms with van der Waals surface area (Å²) in [6.45, 7) is 5.08. The Morgan fingerprint density at radius 1 is 1.00 bits per heavy atom. The van der Waals surface area contributed by atoms with Crippen LogP contribution in [0.2, 0.25) is 0 Å². The van der Waals surface area contributed by atoms with Crippen molar-refractivity contribution in [2.45, 2.75) is 43.7 Å². The van der Waals surface area contributed by atoms with Crippen molar-refractivity contribution in [1.29, 1.82) is 0 Å². The van der Waals surface area contributed by atoms with Gasteiger partial charge in [-0.25, -0.2) is 10.4 Å². The van der Waals surface area contributed by atoms with Gasteiger partial charge in [-0.15, -0.1) is 6.58 Å². The zero-order valence-corrected chi connectivity index (χ0v) is 22.2. The lowest BCUT2D eigenvalue weighted by Gasteiger charge is -2.29. The first-order chi connectivity index (χ1) is 19.2. The van der Waals surface area contributed by atoms with Gasteiger partial charge in [-0.3, -0.25) is 10.2 Å². The summed E-state index contributed by atoms with van der Waals surface area (Å²) in [4.78, 5) is 18.6. The number of aliphatic imine (C=N–C) groups is 1. The van der Waals surface area contributed by atoms with Crippen molar-refractivity contribution in [1.82, 2.24) is 10.9 Å². The minimum atomic E-state index is -1.22. The Morgan fingerprint density at radius 3 is 2.41 bits per heavy atom. The molecule has 2 atom stereocenters. The SMILES string of the molecule is C=CC[C@]1(C(=O)NNCCCCc2ccccc2)N=C(c2ccc(OCCCO)cc2)O[C@H]1c1ccccc1. The minimum Gasteiger partial charge on any atom is -0.494 e. The number of ether oxygens (including phenoxy) is 2. The predicted molar refractivity (Wildman–Crippen MR) is 154 cm³/mol. The van der Waals surface area contributed by atoms with Crippen LogP contribution in [0.4, 0.5) is 0 Å². The zero-order chi connectivity index (χ0) is 27.3. The molecule has 0 fully saturated rings. The number of unbranched alkanes of at least 4 members (excludes halogenated alkanes) is 1. The van der Waals surface area contributed by atoms with Gasteiger partial charge < -0.3 is 14.6 Å². The molecule has 0 unspecified atom stereocenters. The van der Waals surface area contributed by atoms with Crippen molar-refractivity contribution in [3.05, 3.63) is 114 Å². The molecule has 0 saturated carbocycles. The molecule has 7 heteroatoms. The Morgan fingerprint density at radius 2 is 1.72 bits per heavy atom. The number of carbonyl (C=O) groups is 1. The maximum Gasteiger partial charge on any atom is 0.266 e. The first-order valence-corrected chi connectivity index (χ1v) is 13.5. The molecule has 3 aromatic rings. The molecule has 1 heterocycles. The van der Waals surface area contributed by atoms with Crippen LogP contribution in [0, 0.1) is 0 Å². The molecule has 3 N–H and O–H groups in total. The highest BCUT2D eigenvalue weighted by Crippen LogP contribution is 2.42. The summed E-state index contributed by atoms with van der Waals surface area (Å²) >= 11 is 0. The number of aryl methyl sites for hydroxylation is 1. The Balaban J connectivity index is 1.47. The highest BCUT2D eigenvalue weighted by atomic mass is 16.5. The molecule has 7 nitrogen and oxygen atoms in total. The molecule has 1 aliphatic heterocycles. The van der Waals surface area contributed by atoms with E-state index in [1.807, 2.05) is 60.7 Å². The van der Waals surface area contributed by atoms with Crippen LogP contribution >= 0.6 is 0 Å². The number of amides is 1. The summed E-state index contributed by atoms with van der Waals surface area (Å²) in [5, 5.41) is 8.97. The molecule has 3 aromatic carbocycles. The second-order valence-electron chi connectivity index (χ2n) is 9.52. The largest absolute Gasteiger partial charge is 0.494 e. The van der Waals surface area contributed by atoms with Gasteiger partial charge in [0.15, 0.2) is 11.6 Å². The average molecular weight is 528 g/mol. The molecule has 1 aliphatic rings. The number of hydrogen-bond donors (Lipinski definition) is 3. The predicted octanol–water partition coefficient (Wildman–Crippen LogP) is 4.92. The fraction of sp³-hybridized carbons (Fsp3) is 0.312. The third kappa shape index (κ3) is 7.34.